The third-order valence-corrected chi connectivity index (χ3v) is 8.69. The molecule has 0 saturated heterocycles. The Morgan fingerprint density at radius 1 is 0.951 bits per heavy atom. The molecule has 2 aromatic carbocycles. The number of hydrogen-bond acceptors (Lipinski definition) is 7. The minimum atomic E-state index is -4.45. The molecule has 0 aliphatic carbocycles. The normalized spacial score (nSPS) is 12.8. The Hall–Kier alpha value is -4.09. The number of nitrogens with two attached hydrogens (primary N) is 1. The quantitative estimate of drug-likeness (QED) is 0.147. The summed E-state index contributed by atoms with van der Waals surface area (Å²) < 4.78 is 38.6. The predicted octanol–water partition coefficient (Wildman–Crippen LogP) is 7.37. The number of halogens is 3. The van der Waals surface area contributed by atoms with Crippen molar-refractivity contribution in [1.82, 2.24) is 0 Å². The fourth-order valence-corrected chi connectivity index (χ4v) is 5.98. The highest BCUT2D eigenvalue weighted by atomic mass is 32.1. The van der Waals surface area contributed by atoms with E-state index < -0.39 is 17.6 Å². The average Bonchev–Trinajstić information content (AvgIpc) is 3.59. The molecule has 212 valence electrons. The van der Waals surface area contributed by atoms with Crippen LogP contribution in [0, 0.1) is 0 Å². The van der Waals surface area contributed by atoms with Crippen molar-refractivity contribution in [3.05, 3.63) is 98.1 Å². The molecule has 1 unspecified atom stereocenters. The lowest BCUT2D eigenvalue weighted by Gasteiger charge is -2.10. The van der Waals surface area contributed by atoms with Gasteiger partial charge in [0.25, 0.3) is 0 Å². The number of benzene rings is 2. The molecule has 4 rings (SSSR count). The van der Waals surface area contributed by atoms with E-state index in [1.165, 1.54) is 12.1 Å². The van der Waals surface area contributed by atoms with E-state index in [4.69, 9.17) is 5.73 Å². The maximum absolute atomic E-state index is 12.9. The van der Waals surface area contributed by atoms with Gasteiger partial charge in [0.1, 0.15) is 12.3 Å². The second-order valence-electron chi connectivity index (χ2n) is 9.41. The Morgan fingerprint density at radius 2 is 1.56 bits per heavy atom. The zero-order valence-corrected chi connectivity index (χ0v) is 23.6. The SMILES string of the molecule is CC(=NCC(=O)c1ccc(C(=O)CC(C)c2ccc(C(N)=O)cc2)s1)c1csc(-c2ccc(C(F)(F)F)cc2)c1O. The lowest BCUT2D eigenvalue weighted by Crippen LogP contribution is -2.11. The Balaban J connectivity index is 1.39. The number of rotatable bonds is 10. The van der Waals surface area contributed by atoms with Gasteiger partial charge in [0.2, 0.25) is 5.91 Å². The Kier molecular flexibility index (Phi) is 8.89. The van der Waals surface area contributed by atoms with Crippen molar-refractivity contribution >= 4 is 45.9 Å². The number of ketones is 2. The molecule has 3 N–H and O–H groups in total. The molecule has 6 nitrogen and oxygen atoms in total. The number of aliphatic imine (C=N–C) groups is 1. The molecule has 4 aromatic rings. The number of carbonyl (C=O) groups is 3. The van der Waals surface area contributed by atoms with Crippen molar-refractivity contribution < 1.29 is 32.7 Å². The topological polar surface area (TPSA) is 110 Å². The van der Waals surface area contributed by atoms with Gasteiger partial charge in [-0.05, 0) is 60.4 Å². The van der Waals surface area contributed by atoms with E-state index in [2.05, 4.69) is 4.99 Å². The second-order valence-corrected chi connectivity index (χ2v) is 11.4. The molecule has 0 aliphatic rings. The summed E-state index contributed by atoms with van der Waals surface area (Å²) in [4.78, 5) is 42.4. The summed E-state index contributed by atoms with van der Waals surface area (Å²) in [5, 5.41) is 12.3. The van der Waals surface area contributed by atoms with Crippen LogP contribution in [0.2, 0.25) is 0 Å². The number of alkyl halides is 3. The molecule has 0 saturated carbocycles. The van der Waals surface area contributed by atoms with Crippen LogP contribution in [0.3, 0.4) is 0 Å². The summed E-state index contributed by atoms with van der Waals surface area (Å²) in [5.74, 6) is -1.15. The highest BCUT2D eigenvalue weighted by molar-refractivity contribution is 7.16. The van der Waals surface area contributed by atoms with E-state index in [1.807, 2.05) is 6.92 Å². The van der Waals surface area contributed by atoms with Gasteiger partial charge in [0, 0.05) is 28.6 Å². The third kappa shape index (κ3) is 6.98. The largest absolute Gasteiger partial charge is 0.506 e. The molecule has 0 spiro atoms. The van der Waals surface area contributed by atoms with E-state index in [9.17, 15) is 32.7 Å². The lowest BCUT2D eigenvalue weighted by molar-refractivity contribution is -0.137. The highest BCUT2D eigenvalue weighted by Crippen LogP contribution is 2.40. The van der Waals surface area contributed by atoms with Crippen LogP contribution >= 0.6 is 22.7 Å². The first-order chi connectivity index (χ1) is 19.3. The number of carbonyl (C=O) groups excluding carboxylic acids is 3. The lowest BCUT2D eigenvalue weighted by atomic mass is 9.94. The highest BCUT2D eigenvalue weighted by Gasteiger charge is 2.30. The molecular weight excluding hydrogens is 573 g/mol. The molecule has 0 aliphatic heterocycles. The van der Waals surface area contributed by atoms with Crippen molar-refractivity contribution in [2.24, 2.45) is 10.7 Å². The van der Waals surface area contributed by atoms with Gasteiger partial charge in [-0.15, -0.1) is 22.7 Å². The minimum absolute atomic E-state index is 0.108. The summed E-state index contributed by atoms with van der Waals surface area (Å²) >= 11 is 2.25. The van der Waals surface area contributed by atoms with E-state index in [-0.39, 0.29) is 36.2 Å². The molecule has 2 heterocycles. The molecule has 0 fully saturated rings. The monoisotopic (exact) mass is 598 g/mol. The van der Waals surface area contributed by atoms with Crippen molar-refractivity contribution in [3.63, 3.8) is 0 Å². The number of aromatic hydroxyl groups is 1. The molecule has 0 radical (unpaired) electrons. The van der Waals surface area contributed by atoms with E-state index >= 15 is 0 Å². The van der Waals surface area contributed by atoms with Crippen molar-refractivity contribution in [1.29, 1.82) is 0 Å². The molecule has 11 heteroatoms. The summed E-state index contributed by atoms with van der Waals surface area (Å²) in [7, 11) is 0. The van der Waals surface area contributed by atoms with Crippen molar-refractivity contribution in [3.8, 4) is 16.2 Å². The van der Waals surface area contributed by atoms with Crippen LogP contribution in [0.5, 0.6) is 5.75 Å². The standard InChI is InChI=1S/C30H25F3N2O4S2/c1-16(18-3-5-20(6-4-18)29(34)39)13-23(36)25-11-12-26(41-25)24(37)14-35-17(2)22-15-40-28(27(22)38)19-7-9-21(10-8-19)30(31,32)33/h3-12,15-16,38H,13-14H2,1-2H3,(H2,34,39). The first-order valence-electron chi connectivity index (χ1n) is 12.4. The van der Waals surface area contributed by atoms with Crippen LogP contribution in [-0.2, 0) is 6.18 Å². The van der Waals surface area contributed by atoms with Gasteiger partial charge in [-0.2, -0.15) is 13.2 Å². The zero-order valence-electron chi connectivity index (χ0n) is 22.0. The number of hydrogen-bond donors (Lipinski definition) is 2. The molecule has 0 bridgehead atoms. The van der Waals surface area contributed by atoms with Crippen LogP contribution in [0.4, 0.5) is 13.2 Å². The van der Waals surface area contributed by atoms with Gasteiger partial charge in [0.05, 0.1) is 20.2 Å². The average molecular weight is 599 g/mol. The number of amides is 1. The van der Waals surface area contributed by atoms with Crippen LogP contribution in [0.25, 0.3) is 10.4 Å². The van der Waals surface area contributed by atoms with Crippen molar-refractivity contribution in [2.75, 3.05) is 6.54 Å². The molecule has 41 heavy (non-hydrogen) atoms. The van der Waals surface area contributed by atoms with Crippen LogP contribution in [0.1, 0.15) is 72.6 Å². The second kappa shape index (κ2) is 12.2. The van der Waals surface area contributed by atoms with Gasteiger partial charge >= 0.3 is 6.18 Å². The van der Waals surface area contributed by atoms with E-state index in [0.717, 1.165) is 40.4 Å². The fourth-order valence-electron chi connectivity index (χ4n) is 4.09. The van der Waals surface area contributed by atoms with E-state index in [1.54, 1.807) is 48.7 Å². The number of nitrogens with zero attached hydrogens (tertiary/aromatic N) is 1. The molecular formula is C30H25F3N2O4S2. The van der Waals surface area contributed by atoms with Gasteiger partial charge in [-0.3, -0.25) is 19.4 Å². The summed E-state index contributed by atoms with van der Waals surface area (Å²) in [6.07, 6.45) is -4.23. The summed E-state index contributed by atoms with van der Waals surface area (Å²) in [5.41, 5.74) is 6.98. The third-order valence-electron chi connectivity index (χ3n) is 6.50. The van der Waals surface area contributed by atoms with Crippen LogP contribution < -0.4 is 5.73 Å². The number of Topliss-reactive ketones (excluding diaryl/α,β-unsaturated/α-hetero) is 2. The van der Waals surface area contributed by atoms with Crippen molar-refractivity contribution in [2.45, 2.75) is 32.4 Å². The van der Waals surface area contributed by atoms with Gasteiger partial charge in [0.15, 0.2) is 11.6 Å². The van der Waals surface area contributed by atoms with Crippen LogP contribution in [0.15, 0.2) is 71.0 Å². The summed E-state index contributed by atoms with van der Waals surface area (Å²) in [6.45, 7) is 3.33. The first-order valence-corrected chi connectivity index (χ1v) is 14.1. The molecule has 1 atom stereocenters. The maximum atomic E-state index is 12.9. The van der Waals surface area contributed by atoms with Crippen LogP contribution in [-0.4, -0.2) is 34.8 Å². The zero-order chi connectivity index (χ0) is 29.9. The van der Waals surface area contributed by atoms with Gasteiger partial charge in [-0.25, -0.2) is 0 Å². The number of thiophene rings is 2. The summed E-state index contributed by atoms with van der Waals surface area (Å²) in [6, 6.07) is 14.5. The number of primary amides is 1. The Bertz CT molecular complexity index is 1620. The van der Waals surface area contributed by atoms with Gasteiger partial charge in [-0.1, -0.05) is 31.2 Å². The molecule has 1 amide bonds. The fraction of sp³-hybridized carbons (Fsp3) is 0.200. The van der Waals surface area contributed by atoms with E-state index in [0.29, 0.717) is 37.0 Å². The minimum Gasteiger partial charge on any atom is -0.506 e. The maximum Gasteiger partial charge on any atom is 0.416 e. The Morgan fingerprint density at radius 3 is 2.15 bits per heavy atom. The van der Waals surface area contributed by atoms with Gasteiger partial charge < -0.3 is 10.8 Å². The first kappa shape index (κ1) is 29.9. The molecule has 2 aromatic heterocycles. The Labute approximate surface area is 242 Å². The predicted molar refractivity (Wildman–Crippen MR) is 154 cm³/mol. The smallest absolute Gasteiger partial charge is 0.416 e.